The molecule has 0 aliphatic carbocycles. The number of carbonyl (C=O) groups is 1. The Hall–Kier alpha value is -3.83. The first-order chi connectivity index (χ1) is 15.1. The second kappa shape index (κ2) is 7.78. The molecular formula is C25H15ClO5. The number of ether oxygens (including phenoxy) is 1. The quantitative estimate of drug-likeness (QED) is 0.314. The van der Waals surface area contributed by atoms with Crippen molar-refractivity contribution in [2.24, 2.45) is 0 Å². The zero-order chi connectivity index (χ0) is 21.4. The number of ketones is 1. The summed E-state index contributed by atoms with van der Waals surface area (Å²) in [7, 11) is 0. The molecule has 0 bridgehead atoms. The van der Waals surface area contributed by atoms with Crippen LogP contribution in [0.3, 0.4) is 0 Å². The van der Waals surface area contributed by atoms with Gasteiger partial charge in [-0.15, -0.1) is 0 Å². The van der Waals surface area contributed by atoms with Gasteiger partial charge < -0.3 is 13.6 Å². The van der Waals surface area contributed by atoms with Gasteiger partial charge in [0, 0.05) is 10.9 Å². The van der Waals surface area contributed by atoms with Crippen molar-refractivity contribution in [2.45, 2.75) is 0 Å². The molecule has 3 aromatic carbocycles. The maximum Gasteiger partial charge on any atom is 0.235 e. The molecule has 2 heterocycles. The lowest BCUT2D eigenvalue weighted by atomic mass is 10.1. The predicted octanol–water partition coefficient (Wildman–Crippen LogP) is 6.12. The maximum absolute atomic E-state index is 13.2. The lowest BCUT2D eigenvalue weighted by Crippen LogP contribution is -2.16. The van der Waals surface area contributed by atoms with Crippen LogP contribution in [-0.2, 0) is 0 Å². The Balaban J connectivity index is 1.56. The molecule has 31 heavy (non-hydrogen) atoms. The number of Topliss-reactive ketones (excluding diaryl/α,β-unsaturated/α-hetero) is 1. The van der Waals surface area contributed by atoms with E-state index in [0.29, 0.717) is 27.1 Å². The molecule has 0 N–H and O–H groups in total. The number of halogens is 1. The molecule has 5 aromatic rings. The summed E-state index contributed by atoms with van der Waals surface area (Å²) in [5.74, 6) is -0.137. The normalized spacial score (nSPS) is 11.1. The maximum atomic E-state index is 13.2. The van der Waals surface area contributed by atoms with Crippen LogP contribution >= 0.6 is 11.6 Å². The Morgan fingerprint density at radius 2 is 1.58 bits per heavy atom. The molecule has 5 rings (SSSR count). The third kappa shape index (κ3) is 3.49. The molecule has 0 amide bonds. The average Bonchev–Trinajstić information content (AvgIpc) is 3.23. The first-order valence-corrected chi connectivity index (χ1v) is 9.95. The molecule has 0 fully saturated rings. The first kappa shape index (κ1) is 19.2. The summed E-state index contributed by atoms with van der Waals surface area (Å²) in [4.78, 5) is 25.9. The number of hydrogen-bond acceptors (Lipinski definition) is 5. The predicted molar refractivity (Wildman–Crippen MR) is 119 cm³/mol. The van der Waals surface area contributed by atoms with Crippen molar-refractivity contribution in [2.75, 3.05) is 6.61 Å². The number of rotatable bonds is 5. The minimum atomic E-state index is -0.395. The molecule has 0 unspecified atom stereocenters. The minimum absolute atomic E-state index is 0.0729. The molecule has 152 valence electrons. The summed E-state index contributed by atoms with van der Waals surface area (Å²) in [6.07, 6.45) is 0. The highest BCUT2D eigenvalue weighted by molar-refractivity contribution is 6.33. The van der Waals surface area contributed by atoms with Crippen LogP contribution < -0.4 is 10.2 Å². The number of furan rings is 1. The lowest BCUT2D eigenvalue weighted by Gasteiger charge is -2.12. The van der Waals surface area contributed by atoms with E-state index in [9.17, 15) is 9.59 Å². The number of para-hydroxylation sites is 2. The third-order valence-corrected chi connectivity index (χ3v) is 5.25. The fourth-order valence-corrected chi connectivity index (χ4v) is 3.63. The highest BCUT2D eigenvalue weighted by atomic mass is 35.5. The highest BCUT2D eigenvalue weighted by Gasteiger charge is 2.21. The van der Waals surface area contributed by atoms with Gasteiger partial charge in [-0.1, -0.05) is 54.1 Å². The van der Waals surface area contributed by atoms with Crippen LogP contribution in [0.5, 0.6) is 5.75 Å². The molecule has 0 saturated carbocycles. The standard InChI is InChI=1S/C25H15ClO5/c26-18-10-4-2-8-16(18)24-25(23(28)17-9-3-6-12-21(17)31-24)29-14-19(27)22-13-15-7-1-5-11-20(15)30-22/h1-13H,14H2. The zero-order valence-electron chi connectivity index (χ0n) is 16.1. The van der Waals surface area contributed by atoms with Crippen LogP contribution in [0.15, 0.2) is 92.5 Å². The molecule has 0 aliphatic rings. The van der Waals surface area contributed by atoms with Gasteiger partial charge in [0.15, 0.2) is 18.1 Å². The molecule has 0 radical (unpaired) electrons. The highest BCUT2D eigenvalue weighted by Crippen LogP contribution is 2.35. The van der Waals surface area contributed by atoms with E-state index in [1.54, 1.807) is 60.7 Å². The Morgan fingerprint density at radius 3 is 2.39 bits per heavy atom. The summed E-state index contributed by atoms with van der Waals surface area (Å²) in [6, 6.07) is 22.8. The number of hydrogen-bond donors (Lipinski definition) is 0. The number of fused-ring (bicyclic) bond motifs is 2. The van der Waals surface area contributed by atoms with Crippen molar-refractivity contribution in [3.63, 3.8) is 0 Å². The van der Waals surface area contributed by atoms with Gasteiger partial charge in [0.05, 0.1) is 10.4 Å². The largest absolute Gasteiger partial charge is 0.478 e. The smallest absolute Gasteiger partial charge is 0.235 e. The van der Waals surface area contributed by atoms with E-state index in [1.165, 1.54) is 0 Å². The number of benzene rings is 3. The lowest BCUT2D eigenvalue weighted by molar-refractivity contribution is 0.0894. The van der Waals surface area contributed by atoms with Crippen LogP contribution in [0.25, 0.3) is 33.3 Å². The molecular weight excluding hydrogens is 416 g/mol. The summed E-state index contributed by atoms with van der Waals surface area (Å²) in [6.45, 7) is -0.389. The van der Waals surface area contributed by atoms with E-state index in [4.69, 9.17) is 25.2 Å². The SMILES string of the molecule is O=C(COc1c(-c2ccccc2Cl)oc2ccccc2c1=O)c1cc2ccccc2o1. The van der Waals surface area contributed by atoms with Crippen LogP contribution in [0.4, 0.5) is 0 Å². The molecule has 0 atom stereocenters. The Kier molecular flexibility index (Phi) is 4.81. The van der Waals surface area contributed by atoms with Gasteiger partial charge in [-0.2, -0.15) is 0 Å². The van der Waals surface area contributed by atoms with E-state index >= 15 is 0 Å². The minimum Gasteiger partial charge on any atom is -0.478 e. The molecule has 0 aliphatic heterocycles. The first-order valence-electron chi connectivity index (χ1n) is 9.57. The van der Waals surface area contributed by atoms with Crippen molar-refractivity contribution in [1.29, 1.82) is 0 Å². The van der Waals surface area contributed by atoms with Crippen molar-refractivity contribution < 1.29 is 18.4 Å². The zero-order valence-corrected chi connectivity index (χ0v) is 16.9. The summed E-state index contributed by atoms with van der Waals surface area (Å²) in [5.41, 5.74) is 1.12. The molecule has 0 saturated heterocycles. The van der Waals surface area contributed by atoms with E-state index in [0.717, 1.165) is 5.39 Å². The van der Waals surface area contributed by atoms with Gasteiger partial charge in [-0.05, 0) is 36.4 Å². The average molecular weight is 431 g/mol. The van der Waals surface area contributed by atoms with Crippen molar-refractivity contribution >= 4 is 39.3 Å². The van der Waals surface area contributed by atoms with Crippen LogP contribution in [-0.4, -0.2) is 12.4 Å². The van der Waals surface area contributed by atoms with Gasteiger partial charge in [0.1, 0.15) is 11.2 Å². The van der Waals surface area contributed by atoms with Gasteiger partial charge >= 0.3 is 0 Å². The van der Waals surface area contributed by atoms with Gasteiger partial charge in [0.2, 0.25) is 17.0 Å². The van der Waals surface area contributed by atoms with Gasteiger partial charge in [-0.25, -0.2) is 0 Å². The van der Waals surface area contributed by atoms with Crippen LogP contribution in [0.1, 0.15) is 10.6 Å². The molecule has 6 heteroatoms. The third-order valence-electron chi connectivity index (χ3n) is 4.92. The fraction of sp³-hybridized carbons (Fsp3) is 0.0400. The molecule has 0 spiro atoms. The summed E-state index contributed by atoms with van der Waals surface area (Å²) in [5, 5.41) is 1.56. The van der Waals surface area contributed by atoms with Crippen LogP contribution in [0, 0.1) is 0 Å². The van der Waals surface area contributed by atoms with E-state index < -0.39 is 5.78 Å². The van der Waals surface area contributed by atoms with E-state index in [1.807, 2.05) is 18.2 Å². The Morgan fingerprint density at radius 1 is 0.871 bits per heavy atom. The van der Waals surface area contributed by atoms with Crippen molar-refractivity contribution in [3.8, 4) is 17.1 Å². The second-order valence-corrected chi connectivity index (χ2v) is 7.33. The van der Waals surface area contributed by atoms with E-state index in [-0.39, 0.29) is 29.3 Å². The van der Waals surface area contributed by atoms with Crippen molar-refractivity contribution in [3.05, 3.63) is 99.9 Å². The summed E-state index contributed by atoms with van der Waals surface area (Å²) < 4.78 is 17.3. The Bertz CT molecular complexity index is 1460. The Labute approximate surface area is 181 Å². The van der Waals surface area contributed by atoms with E-state index in [2.05, 4.69) is 0 Å². The fourth-order valence-electron chi connectivity index (χ4n) is 3.41. The topological polar surface area (TPSA) is 69.7 Å². The molecule has 2 aromatic heterocycles. The van der Waals surface area contributed by atoms with Gasteiger partial charge in [-0.3, -0.25) is 9.59 Å². The monoisotopic (exact) mass is 430 g/mol. The van der Waals surface area contributed by atoms with Crippen molar-refractivity contribution in [1.82, 2.24) is 0 Å². The van der Waals surface area contributed by atoms with Gasteiger partial charge in [0.25, 0.3) is 0 Å². The number of carbonyl (C=O) groups excluding carboxylic acids is 1. The molecule has 5 nitrogen and oxygen atoms in total. The summed E-state index contributed by atoms with van der Waals surface area (Å²) >= 11 is 6.34. The van der Waals surface area contributed by atoms with Crippen LogP contribution in [0.2, 0.25) is 5.02 Å². The second-order valence-electron chi connectivity index (χ2n) is 6.93.